The highest BCUT2D eigenvalue weighted by molar-refractivity contribution is 5.92. The zero-order chi connectivity index (χ0) is 15.4. The SMILES string of the molecule is COCc1cc(C(=O)N(C)C(C)c2ccc(O)cc2)no1. The Morgan fingerprint density at radius 1 is 1.43 bits per heavy atom. The van der Waals surface area contributed by atoms with E-state index >= 15 is 0 Å². The molecule has 1 N–H and O–H groups in total. The van der Waals surface area contributed by atoms with Crippen molar-refractivity contribution >= 4 is 5.91 Å². The van der Waals surface area contributed by atoms with Gasteiger partial charge in [-0.15, -0.1) is 0 Å². The fraction of sp³-hybridized carbons (Fsp3) is 0.333. The molecule has 2 rings (SSSR count). The first kappa shape index (κ1) is 15.1. The first-order valence-corrected chi connectivity index (χ1v) is 6.53. The molecule has 6 nitrogen and oxygen atoms in total. The van der Waals surface area contributed by atoms with Crippen LogP contribution in [-0.4, -0.2) is 35.2 Å². The minimum Gasteiger partial charge on any atom is -0.508 e. The number of amides is 1. The molecule has 1 atom stereocenters. The lowest BCUT2D eigenvalue weighted by atomic mass is 10.1. The van der Waals surface area contributed by atoms with Gasteiger partial charge in [0.05, 0.1) is 6.04 Å². The van der Waals surface area contributed by atoms with Crippen LogP contribution in [0.15, 0.2) is 34.9 Å². The Labute approximate surface area is 122 Å². The number of carbonyl (C=O) groups excluding carboxylic acids is 1. The summed E-state index contributed by atoms with van der Waals surface area (Å²) in [6.45, 7) is 2.18. The van der Waals surface area contributed by atoms with Gasteiger partial charge in [-0.3, -0.25) is 4.79 Å². The van der Waals surface area contributed by atoms with Crippen LogP contribution in [0.5, 0.6) is 5.75 Å². The van der Waals surface area contributed by atoms with E-state index in [9.17, 15) is 9.90 Å². The number of phenolic OH excluding ortho intramolecular Hbond substituents is 1. The number of aromatic nitrogens is 1. The molecule has 112 valence electrons. The zero-order valence-corrected chi connectivity index (χ0v) is 12.2. The number of ether oxygens (including phenoxy) is 1. The maximum atomic E-state index is 12.4. The summed E-state index contributed by atoms with van der Waals surface area (Å²) in [6, 6.07) is 8.17. The van der Waals surface area contributed by atoms with Crippen LogP contribution in [-0.2, 0) is 11.3 Å². The van der Waals surface area contributed by atoms with Crippen LogP contribution in [0.3, 0.4) is 0 Å². The molecule has 1 aromatic heterocycles. The summed E-state index contributed by atoms with van der Waals surface area (Å²) in [6.07, 6.45) is 0. The molecular weight excluding hydrogens is 272 g/mol. The van der Waals surface area contributed by atoms with Gasteiger partial charge >= 0.3 is 0 Å². The number of rotatable bonds is 5. The predicted molar refractivity (Wildman–Crippen MR) is 75.8 cm³/mol. The van der Waals surface area contributed by atoms with Gasteiger partial charge in [0, 0.05) is 20.2 Å². The van der Waals surface area contributed by atoms with Gasteiger partial charge in [-0.25, -0.2) is 0 Å². The third-order valence-electron chi connectivity index (χ3n) is 3.34. The Kier molecular flexibility index (Phi) is 4.59. The summed E-state index contributed by atoms with van der Waals surface area (Å²) in [7, 11) is 3.24. The molecule has 0 spiro atoms. The Balaban J connectivity index is 2.12. The minimum atomic E-state index is -0.235. The van der Waals surface area contributed by atoms with Crippen LogP contribution < -0.4 is 0 Å². The maximum Gasteiger partial charge on any atom is 0.276 e. The van der Waals surface area contributed by atoms with Crippen molar-refractivity contribution in [1.82, 2.24) is 10.1 Å². The van der Waals surface area contributed by atoms with Crippen LogP contribution in [0, 0.1) is 0 Å². The summed E-state index contributed by atoms with van der Waals surface area (Å²) in [5, 5.41) is 13.1. The summed E-state index contributed by atoms with van der Waals surface area (Å²) >= 11 is 0. The normalized spacial score (nSPS) is 12.1. The van der Waals surface area contributed by atoms with Crippen molar-refractivity contribution in [2.45, 2.75) is 19.6 Å². The first-order valence-electron chi connectivity index (χ1n) is 6.53. The highest BCUT2D eigenvalue weighted by Crippen LogP contribution is 2.22. The monoisotopic (exact) mass is 290 g/mol. The van der Waals surface area contributed by atoms with Gasteiger partial charge in [0.25, 0.3) is 5.91 Å². The van der Waals surface area contributed by atoms with E-state index in [0.717, 1.165) is 5.56 Å². The molecule has 21 heavy (non-hydrogen) atoms. The van der Waals surface area contributed by atoms with Crippen molar-refractivity contribution in [2.75, 3.05) is 14.2 Å². The van der Waals surface area contributed by atoms with Crippen molar-refractivity contribution in [3.8, 4) is 5.75 Å². The molecule has 1 heterocycles. The second-order valence-corrected chi connectivity index (χ2v) is 4.80. The van der Waals surface area contributed by atoms with Crippen LogP contribution in [0.1, 0.15) is 34.8 Å². The van der Waals surface area contributed by atoms with E-state index in [0.29, 0.717) is 5.76 Å². The number of hydrogen-bond acceptors (Lipinski definition) is 5. The molecule has 0 aliphatic rings. The second-order valence-electron chi connectivity index (χ2n) is 4.80. The number of methoxy groups -OCH3 is 1. The molecule has 0 saturated heterocycles. The largest absolute Gasteiger partial charge is 0.508 e. The maximum absolute atomic E-state index is 12.4. The Morgan fingerprint density at radius 2 is 2.10 bits per heavy atom. The second kappa shape index (κ2) is 6.41. The van der Waals surface area contributed by atoms with E-state index < -0.39 is 0 Å². The Bertz CT molecular complexity index is 606. The van der Waals surface area contributed by atoms with Gasteiger partial charge in [0.2, 0.25) is 0 Å². The van der Waals surface area contributed by atoms with Crippen LogP contribution in [0.25, 0.3) is 0 Å². The van der Waals surface area contributed by atoms with E-state index in [2.05, 4.69) is 5.16 Å². The molecule has 0 radical (unpaired) electrons. The Morgan fingerprint density at radius 3 is 2.71 bits per heavy atom. The molecule has 2 aromatic rings. The lowest BCUT2D eigenvalue weighted by Gasteiger charge is -2.24. The van der Waals surface area contributed by atoms with Gasteiger partial charge in [0.1, 0.15) is 12.4 Å². The molecule has 1 unspecified atom stereocenters. The average molecular weight is 290 g/mol. The van der Waals surface area contributed by atoms with E-state index in [1.165, 1.54) is 0 Å². The number of phenols is 1. The standard InChI is InChI=1S/C15H18N2O4/c1-10(11-4-6-12(18)7-5-11)17(2)15(19)14-8-13(9-20-3)21-16-14/h4-8,10,18H,9H2,1-3H3. The molecule has 0 saturated carbocycles. The van der Waals surface area contributed by atoms with Crippen molar-refractivity contribution in [3.63, 3.8) is 0 Å². The third kappa shape index (κ3) is 3.41. The van der Waals surface area contributed by atoms with Gasteiger partial charge < -0.3 is 19.3 Å². The van der Waals surface area contributed by atoms with Crippen LogP contribution >= 0.6 is 0 Å². The highest BCUT2D eigenvalue weighted by Gasteiger charge is 2.22. The van der Waals surface area contributed by atoms with Gasteiger partial charge in [-0.2, -0.15) is 0 Å². The number of hydrogen-bond donors (Lipinski definition) is 1. The van der Waals surface area contributed by atoms with E-state index in [1.54, 1.807) is 49.4 Å². The molecule has 1 aromatic carbocycles. The summed E-state index contributed by atoms with van der Waals surface area (Å²) in [4.78, 5) is 13.9. The molecular formula is C15H18N2O4. The van der Waals surface area contributed by atoms with Crippen LogP contribution in [0.4, 0.5) is 0 Å². The zero-order valence-electron chi connectivity index (χ0n) is 12.2. The highest BCUT2D eigenvalue weighted by atomic mass is 16.5. The number of benzene rings is 1. The lowest BCUT2D eigenvalue weighted by molar-refractivity contribution is 0.0731. The Hall–Kier alpha value is -2.34. The fourth-order valence-electron chi connectivity index (χ4n) is 1.96. The molecule has 0 fully saturated rings. The van der Waals surface area contributed by atoms with Crippen molar-refractivity contribution < 1.29 is 19.2 Å². The molecule has 1 amide bonds. The summed E-state index contributed by atoms with van der Waals surface area (Å²) in [5.41, 5.74) is 1.17. The predicted octanol–water partition coefficient (Wildman–Crippen LogP) is 2.36. The molecule has 0 bridgehead atoms. The van der Waals surface area contributed by atoms with E-state index in [4.69, 9.17) is 9.26 Å². The fourth-order valence-corrected chi connectivity index (χ4v) is 1.96. The quantitative estimate of drug-likeness (QED) is 0.914. The van der Waals surface area contributed by atoms with Gasteiger partial charge in [-0.1, -0.05) is 17.3 Å². The molecule has 6 heteroatoms. The summed E-state index contributed by atoms with van der Waals surface area (Å²) in [5.74, 6) is 0.467. The minimum absolute atomic E-state index is 0.152. The molecule has 0 aliphatic heterocycles. The third-order valence-corrected chi connectivity index (χ3v) is 3.34. The van der Waals surface area contributed by atoms with Crippen molar-refractivity contribution in [2.24, 2.45) is 0 Å². The van der Waals surface area contributed by atoms with Gasteiger partial charge in [-0.05, 0) is 24.6 Å². The van der Waals surface area contributed by atoms with Crippen molar-refractivity contribution in [1.29, 1.82) is 0 Å². The van der Waals surface area contributed by atoms with Crippen molar-refractivity contribution in [3.05, 3.63) is 47.3 Å². The van der Waals surface area contributed by atoms with E-state index in [1.807, 2.05) is 6.92 Å². The number of aromatic hydroxyl groups is 1. The number of nitrogens with zero attached hydrogens (tertiary/aromatic N) is 2. The first-order chi connectivity index (χ1) is 10.0. The number of carbonyl (C=O) groups is 1. The topological polar surface area (TPSA) is 75.8 Å². The van der Waals surface area contributed by atoms with E-state index in [-0.39, 0.29) is 30.0 Å². The molecule has 0 aliphatic carbocycles. The summed E-state index contributed by atoms with van der Waals surface area (Å²) < 4.78 is 9.95. The van der Waals surface area contributed by atoms with Crippen LogP contribution in [0.2, 0.25) is 0 Å². The van der Waals surface area contributed by atoms with Gasteiger partial charge in [0.15, 0.2) is 11.5 Å². The lowest BCUT2D eigenvalue weighted by Crippen LogP contribution is -2.29. The smallest absolute Gasteiger partial charge is 0.276 e. The average Bonchev–Trinajstić information content (AvgIpc) is 2.95.